The van der Waals surface area contributed by atoms with Crippen LogP contribution in [0.3, 0.4) is 0 Å². The standard InChI is InChI=1S/C16H16N6/c17-16(21-14-5-2-1-3-6-14)19-12-13-7-9-18-15(11-13)22-10-4-8-20-22/h1-11H,12H2,(H3,17,19,21). The maximum absolute atomic E-state index is 5.89. The number of pyridine rings is 1. The van der Waals surface area contributed by atoms with E-state index in [0.717, 1.165) is 17.1 Å². The van der Waals surface area contributed by atoms with Gasteiger partial charge in [-0.05, 0) is 35.9 Å². The van der Waals surface area contributed by atoms with E-state index in [9.17, 15) is 0 Å². The molecule has 3 N–H and O–H groups in total. The fourth-order valence-corrected chi connectivity index (χ4v) is 1.97. The summed E-state index contributed by atoms with van der Waals surface area (Å²) >= 11 is 0. The van der Waals surface area contributed by atoms with Crippen LogP contribution in [0, 0.1) is 0 Å². The molecule has 0 bridgehead atoms. The predicted molar refractivity (Wildman–Crippen MR) is 86.8 cm³/mol. The summed E-state index contributed by atoms with van der Waals surface area (Å²) in [7, 11) is 0. The first kappa shape index (κ1) is 13.8. The number of hydrogen-bond acceptors (Lipinski definition) is 3. The highest BCUT2D eigenvalue weighted by atomic mass is 15.3. The quantitative estimate of drug-likeness (QED) is 0.570. The Morgan fingerprint density at radius 3 is 2.77 bits per heavy atom. The Kier molecular flexibility index (Phi) is 4.10. The minimum Gasteiger partial charge on any atom is -0.370 e. The average molecular weight is 292 g/mol. The van der Waals surface area contributed by atoms with Crippen molar-refractivity contribution in [2.45, 2.75) is 6.54 Å². The zero-order chi connectivity index (χ0) is 15.2. The number of guanidine groups is 1. The first-order valence-electron chi connectivity index (χ1n) is 6.88. The van der Waals surface area contributed by atoms with Gasteiger partial charge in [-0.1, -0.05) is 18.2 Å². The van der Waals surface area contributed by atoms with E-state index in [1.54, 1.807) is 17.1 Å². The molecule has 0 atom stereocenters. The second-order valence-corrected chi connectivity index (χ2v) is 4.67. The normalized spacial score (nSPS) is 11.4. The molecule has 0 spiro atoms. The molecule has 2 heterocycles. The van der Waals surface area contributed by atoms with E-state index >= 15 is 0 Å². The predicted octanol–water partition coefficient (Wildman–Crippen LogP) is 2.19. The van der Waals surface area contributed by atoms with Gasteiger partial charge in [0.25, 0.3) is 0 Å². The van der Waals surface area contributed by atoms with Crippen LogP contribution in [0.15, 0.2) is 72.1 Å². The number of anilines is 1. The molecule has 1 aromatic carbocycles. The molecular weight excluding hydrogens is 276 g/mol. The average Bonchev–Trinajstić information content (AvgIpc) is 3.09. The zero-order valence-corrected chi connectivity index (χ0v) is 11.9. The van der Waals surface area contributed by atoms with E-state index in [1.165, 1.54) is 0 Å². The number of rotatable bonds is 4. The molecule has 0 unspecified atom stereocenters. The van der Waals surface area contributed by atoms with Gasteiger partial charge in [-0.3, -0.25) is 0 Å². The number of hydrogen-bond donors (Lipinski definition) is 2. The molecule has 3 aromatic rings. The number of nitrogens with two attached hydrogens (primary N) is 1. The third-order valence-electron chi connectivity index (χ3n) is 3.03. The molecule has 22 heavy (non-hydrogen) atoms. The summed E-state index contributed by atoms with van der Waals surface area (Å²) in [6.07, 6.45) is 5.30. The van der Waals surface area contributed by atoms with Crippen molar-refractivity contribution in [3.8, 4) is 5.82 Å². The number of para-hydroxylation sites is 1. The number of nitrogens with one attached hydrogen (secondary N) is 1. The van der Waals surface area contributed by atoms with Gasteiger partial charge in [0.15, 0.2) is 11.8 Å². The molecule has 2 aromatic heterocycles. The summed E-state index contributed by atoms with van der Waals surface area (Å²) in [6, 6.07) is 15.4. The van der Waals surface area contributed by atoms with Gasteiger partial charge < -0.3 is 11.1 Å². The Morgan fingerprint density at radius 2 is 2.00 bits per heavy atom. The van der Waals surface area contributed by atoms with Crippen molar-refractivity contribution < 1.29 is 0 Å². The molecule has 0 saturated carbocycles. The number of benzene rings is 1. The van der Waals surface area contributed by atoms with Crippen molar-refractivity contribution in [1.82, 2.24) is 14.8 Å². The van der Waals surface area contributed by atoms with Crippen molar-refractivity contribution in [3.63, 3.8) is 0 Å². The van der Waals surface area contributed by atoms with E-state index < -0.39 is 0 Å². The van der Waals surface area contributed by atoms with Gasteiger partial charge in [-0.15, -0.1) is 0 Å². The summed E-state index contributed by atoms with van der Waals surface area (Å²) in [4.78, 5) is 8.62. The molecule has 0 amide bonds. The topological polar surface area (TPSA) is 81.1 Å². The monoisotopic (exact) mass is 292 g/mol. The Labute approximate surface area is 128 Å². The van der Waals surface area contributed by atoms with E-state index in [-0.39, 0.29) is 0 Å². The lowest BCUT2D eigenvalue weighted by Gasteiger charge is -2.06. The van der Waals surface area contributed by atoms with Crippen LogP contribution in [0.5, 0.6) is 0 Å². The lowest BCUT2D eigenvalue weighted by Crippen LogP contribution is -2.22. The summed E-state index contributed by atoms with van der Waals surface area (Å²) in [5, 5.41) is 7.21. The number of aromatic nitrogens is 3. The minimum absolute atomic E-state index is 0.378. The van der Waals surface area contributed by atoms with E-state index in [4.69, 9.17) is 5.73 Å². The van der Waals surface area contributed by atoms with Gasteiger partial charge in [0.05, 0.1) is 6.54 Å². The fourth-order valence-electron chi connectivity index (χ4n) is 1.97. The summed E-state index contributed by atoms with van der Waals surface area (Å²) in [6.45, 7) is 0.475. The summed E-state index contributed by atoms with van der Waals surface area (Å²) in [5.74, 6) is 1.14. The van der Waals surface area contributed by atoms with Crippen molar-refractivity contribution in [3.05, 3.63) is 72.7 Å². The van der Waals surface area contributed by atoms with Crippen LogP contribution < -0.4 is 11.1 Å². The number of nitrogens with zero attached hydrogens (tertiary/aromatic N) is 4. The maximum atomic E-state index is 5.89. The van der Waals surface area contributed by atoms with Gasteiger partial charge in [0.1, 0.15) is 0 Å². The van der Waals surface area contributed by atoms with Gasteiger partial charge in [-0.2, -0.15) is 5.10 Å². The molecule has 3 rings (SSSR count). The highest BCUT2D eigenvalue weighted by Crippen LogP contribution is 2.08. The highest BCUT2D eigenvalue weighted by molar-refractivity contribution is 5.92. The molecule has 0 aliphatic rings. The molecular formula is C16H16N6. The zero-order valence-electron chi connectivity index (χ0n) is 11.9. The second kappa shape index (κ2) is 6.53. The van der Waals surface area contributed by atoms with Crippen LogP contribution in [-0.4, -0.2) is 20.7 Å². The van der Waals surface area contributed by atoms with Crippen molar-refractivity contribution in [1.29, 1.82) is 0 Å². The smallest absolute Gasteiger partial charge is 0.193 e. The van der Waals surface area contributed by atoms with Gasteiger partial charge in [0.2, 0.25) is 0 Å². The molecule has 6 nitrogen and oxygen atoms in total. The summed E-state index contributed by atoms with van der Waals surface area (Å²) < 4.78 is 1.71. The third kappa shape index (κ3) is 3.49. The Morgan fingerprint density at radius 1 is 1.14 bits per heavy atom. The first-order chi connectivity index (χ1) is 10.8. The molecule has 0 saturated heterocycles. The van der Waals surface area contributed by atoms with Crippen molar-refractivity contribution in [2.75, 3.05) is 5.32 Å². The molecule has 0 aliphatic heterocycles. The van der Waals surface area contributed by atoms with E-state index in [2.05, 4.69) is 20.4 Å². The lowest BCUT2D eigenvalue weighted by molar-refractivity contribution is 0.841. The van der Waals surface area contributed by atoms with E-state index in [0.29, 0.717) is 12.5 Å². The third-order valence-corrected chi connectivity index (χ3v) is 3.03. The van der Waals surface area contributed by atoms with Crippen LogP contribution >= 0.6 is 0 Å². The van der Waals surface area contributed by atoms with Crippen LogP contribution in [0.4, 0.5) is 5.69 Å². The Bertz CT molecular complexity index is 749. The van der Waals surface area contributed by atoms with E-state index in [1.807, 2.05) is 54.7 Å². The van der Waals surface area contributed by atoms with Crippen LogP contribution in [0.2, 0.25) is 0 Å². The fraction of sp³-hybridized carbons (Fsp3) is 0.0625. The number of aliphatic imine (C=N–C) groups is 1. The molecule has 0 aliphatic carbocycles. The molecule has 6 heteroatoms. The largest absolute Gasteiger partial charge is 0.370 e. The van der Waals surface area contributed by atoms with Gasteiger partial charge >= 0.3 is 0 Å². The van der Waals surface area contributed by atoms with Crippen LogP contribution in [0.25, 0.3) is 5.82 Å². The van der Waals surface area contributed by atoms with Crippen molar-refractivity contribution >= 4 is 11.6 Å². The lowest BCUT2D eigenvalue weighted by atomic mass is 10.2. The van der Waals surface area contributed by atoms with Crippen LogP contribution in [0.1, 0.15) is 5.56 Å². The Balaban J connectivity index is 1.68. The SMILES string of the molecule is NC(=NCc1ccnc(-n2cccn2)c1)Nc1ccccc1. The molecule has 110 valence electrons. The molecule has 0 fully saturated rings. The summed E-state index contributed by atoms with van der Waals surface area (Å²) in [5.41, 5.74) is 7.82. The van der Waals surface area contributed by atoms with Crippen LogP contribution in [-0.2, 0) is 6.54 Å². The Hall–Kier alpha value is -3.15. The second-order valence-electron chi connectivity index (χ2n) is 4.67. The molecule has 0 radical (unpaired) electrons. The minimum atomic E-state index is 0.378. The van der Waals surface area contributed by atoms with Gasteiger partial charge in [0, 0.05) is 24.3 Å². The first-order valence-corrected chi connectivity index (χ1v) is 6.88. The highest BCUT2D eigenvalue weighted by Gasteiger charge is 2.00. The van der Waals surface area contributed by atoms with Crippen molar-refractivity contribution in [2.24, 2.45) is 10.7 Å². The van der Waals surface area contributed by atoms with Gasteiger partial charge in [-0.25, -0.2) is 14.7 Å². The maximum Gasteiger partial charge on any atom is 0.193 e.